The molecule has 1 aromatic carbocycles. The molecule has 3 aromatic rings. The maximum atomic E-state index is 11.4. The highest BCUT2D eigenvalue weighted by Gasteiger charge is 2.24. The number of aromatic carboxylic acids is 1. The number of nitrogens with zero attached hydrogens (tertiary/aromatic N) is 3. The topological polar surface area (TPSA) is 68.0 Å². The van der Waals surface area contributed by atoms with Gasteiger partial charge in [-0.05, 0) is 41.5 Å². The van der Waals surface area contributed by atoms with Gasteiger partial charge < -0.3 is 5.11 Å². The van der Waals surface area contributed by atoms with Crippen LogP contribution in [0, 0.1) is 0 Å². The van der Waals surface area contributed by atoms with Gasteiger partial charge in [0.15, 0.2) is 0 Å². The van der Waals surface area contributed by atoms with Gasteiger partial charge >= 0.3 is 5.97 Å². The molecule has 2 aromatic heterocycles. The van der Waals surface area contributed by atoms with Crippen LogP contribution in [-0.4, -0.2) is 25.8 Å². The van der Waals surface area contributed by atoms with Crippen LogP contribution >= 0.6 is 11.6 Å². The lowest BCUT2D eigenvalue weighted by atomic mass is 10.0. The van der Waals surface area contributed by atoms with Gasteiger partial charge in [0.1, 0.15) is 0 Å². The van der Waals surface area contributed by atoms with Crippen molar-refractivity contribution in [1.29, 1.82) is 0 Å². The molecule has 114 valence electrons. The van der Waals surface area contributed by atoms with Gasteiger partial charge in [0, 0.05) is 30.1 Å². The van der Waals surface area contributed by atoms with Gasteiger partial charge in [-0.3, -0.25) is 9.67 Å². The van der Waals surface area contributed by atoms with Crippen LogP contribution in [0.1, 0.15) is 27.3 Å². The molecule has 0 saturated heterocycles. The van der Waals surface area contributed by atoms with Crippen molar-refractivity contribution in [3.8, 4) is 0 Å². The second-order valence-electron chi connectivity index (χ2n) is 5.51. The Balaban J connectivity index is 1.88. The molecule has 0 unspecified atom stereocenters. The molecule has 0 atom stereocenters. The number of carboxylic acid groups (broad SMARTS) is 1. The predicted octanol–water partition coefficient (Wildman–Crippen LogP) is 3.42. The van der Waals surface area contributed by atoms with Crippen molar-refractivity contribution in [2.75, 3.05) is 0 Å². The summed E-state index contributed by atoms with van der Waals surface area (Å²) in [6, 6.07) is 7.11. The Morgan fingerprint density at radius 1 is 1.35 bits per heavy atom. The Labute approximate surface area is 136 Å². The third-order valence-electron chi connectivity index (χ3n) is 4.10. The highest BCUT2D eigenvalue weighted by molar-refractivity contribution is 6.31. The molecule has 0 saturated carbocycles. The van der Waals surface area contributed by atoms with Gasteiger partial charge in [-0.2, -0.15) is 5.10 Å². The van der Waals surface area contributed by atoms with E-state index in [1.54, 1.807) is 4.68 Å². The zero-order chi connectivity index (χ0) is 16.1. The molecule has 0 fully saturated rings. The Morgan fingerprint density at radius 3 is 2.96 bits per heavy atom. The van der Waals surface area contributed by atoms with Crippen LogP contribution in [0.2, 0.25) is 5.02 Å². The molecule has 2 heterocycles. The van der Waals surface area contributed by atoms with Crippen molar-refractivity contribution in [3.63, 3.8) is 0 Å². The van der Waals surface area contributed by atoms with E-state index in [0.29, 0.717) is 22.7 Å². The molecule has 0 bridgehead atoms. The van der Waals surface area contributed by atoms with Crippen LogP contribution < -0.4 is 0 Å². The van der Waals surface area contributed by atoms with E-state index in [0.717, 1.165) is 27.7 Å². The van der Waals surface area contributed by atoms with Crippen molar-refractivity contribution in [1.82, 2.24) is 14.8 Å². The van der Waals surface area contributed by atoms with Gasteiger partial charge in [-0.1, -0.05) is 11.6 Å². The summed E-state index contributed by atoms with van der Waals surface area (Å²) in [5, 5.41) is 15.4. The van der Waals surface area contributed by atoms with E-state index in [4.69, 9.17) is 11.6 Å². The minimum Gasteiger partial charge on any atom is -0.478 e. The first-order valence-electron chi connectivity index (χ1n) is 7.09. The van der Waals surface area contributed by atoms with Crippen molar-refractivity contribution >= 4 is 40.1 Å². The lowest BCUT2D eigenvalue weighted by molar-refractivity contribution is 0.0695. The monoisotopic (exact) mass is 325 g/mol. The van der Waals surface area contributed by atoms with Crippen LogP contribution in [0.15, 0.2) is 30.5 Å². The summed E-state index contributed by atoms with van der Waals surface area (Å²) in [7, 11) is 1.87. The standard InChI is InChI=1S/C17H12ClN3O2/c1-21-16(13-8-10(18)2-3-14(13)20-21)9-6-12-11(17(22)23)4-5-19-15(12)7-9/h2-5,7-8H,6H2,1H3,(H,22,23). The molecular formula is C17H12ClN3O2. The van der Waals surface area contributed by atoms with Crippen LogP contribution in [-0.2, 0) is 13.5 Å². The summed E-state index contributed by atoms with van der Waals surface area (Å²) < 4.78 is 1.80. The molecule has 0 aliphatic heterocycles. The van der Waals surface area contributed by atoms with Crippen LogP contribution in [0.25, 0.3) is 22.6 Å². The summed E-state index contributed by atoms with van der Waals surface area (Å²) in [4.78, 5) is 15.7. The Morgan fingerprint density at radius 2 is 2.17 bits per heavy atom. The maximum Gasteiger partial charge on any atom is 0.336 e. The van der Waals surface area contributed by atoms with E-state index in [-0.39, 0.29) is 0 Å². The van der Waals surface area contributed by atoms with Gasteiger partial charge in [-0.25, -0.2) is 4.79 Å². The summed E-state index contributed by atoms with van der Waals surface area (Å²) in [6.45, 7) is 0. The number of pyridine rings is 1. The predicted molar refractivity (Wildman–Crippen MR) is 88.5 cm³/mol. The molecule has 23 heavy (non-hydrogen) atoms. The third-order valence-corrected chi connectivity index (χ3v) is 4.33. The number of aromatic nitrogens is 3. The summed E-state index contributed by atoms with van der Waals surface area (Å²) in [5.74, 6) is -0.934. The molecule has 0 spiro atoms. The molecular weight excluding hydrogens is 314 g/mol. The average Bonchev–Trinajstić information content (AvgIpc) is 3.05. The van der Waals surface area contributed by atoms with Crippen molar-refractivity contribution < 1.29 is 9.90 Å². The zero-order valence-corrected chi connectivity index (χ0v) is 13.0. The lowest BCUT2D eigenvalue weighted by Gasteiger charge is -2.05. The number of carboxylic acids is 1. The summed E-state index contributed by atoms with van der Waals surface area (Å²) in [5.41, 5.74) is 4.54. The second-order valence-corrected chi connectivity index (χ2v) is 5.94. The van der Waals surface area contributed by atoms with Crippen molar-refractivity contribution in [2.45, 2.75) is 6.42 Å². The fraction of sp³-hybridized carbons (Fsp3) is 0.118. The van der Waals surface area contributed by atoms with Crippen molar-refractivity contribution in [3.05, 3.63) is 58.0 Å². The number of carbonyl (C=O) groups is 1. The summed E-state index contributed by atoms with van der Waals surface area (Å²) in [6.07, 6.45) is 3.98. The van der Waals surface area contributed by atoms with Crippen LogP contribution in [0.5, 0.6) is 0 Å². The van der Waals surface area contributed by atoms with E-state index >= 15 is 0 Å². The first-order valence-corrected chi connectivity index (χ1v) is 7.47. The average molecular weight is 326 g/mol. The molecule has 1 aliphatic rings. The number of benzene rings is 1. The van der Waals surface area contributed by atoms with E-state index < -0.39 is 5.97 Å². The molecule has 6 heteroatoms. The fourth-order valence-corrected chi connectivity index (χ4v) is 3.30. The number of rotatable bonds is 2. The van der Waals surface area contributed by atoms with Gasteiger partial charge in [-0.15, -0.1) is 0 Å². The smallest absolute Gasteiger partial charge is 0.336 e. The van der Waals surface area contributed by atoms with E-state index in [9.17, 15) is 9.90 Å². The molecule has 5 nitrogen and oxygen atoms in total. The molecule has 4 rings (SSSR count). The molecule has 1 aliphatic carbocycles. The van der Waals surface area contributed by atoms with E-state index in [2.05, 4.69) is 10.1 Å². The number of aryl methyl sites for hydroxylation is 1. The largest absolute Gasteiger partial charge is 0.478 e. The number of halogens is 1. The van der Waals surface area contributed by atoms with E-state index in [1.165, 1.54) is 12.3 Å². The normalized spacial score (nSPS) is 13.2. The molecule has 0 amide bonds. The highest BCUT2D eigenvalue weighted by Crippen LogP contribution is 2.36. The van der Waals surface area contributed by atoms with Crippen molar-refractivity contribution in [2.24, 2.45) is 7.05 Å². The number of fused-ring (bicyclic) bond motifs is 2. The maximum absolute atomic E-state index is 11.4. The SMILES string of the molecule is Cn1nc2ccc(Cl)cc2c1C1=Cc2nccc(C(=O)O)c2C1. The second kappa shape index (κ2) is 4.93. The quantitative estimate of drug-likeness (QED) is 0.784. The molecule has 0 radical (unpaired) electrons. The number of hydrogen-bond donors (Lipinski definition) is 1. The highest BCUT2D eigenvalue weighted by atomic mass is 35.5. The first-order chi connectivity index (χ1) is 11.0. The minimum atomic E-state index is -0.934. The lowest BCUT2D eigenvalue weighted by Crippen LogP contribution is -2.04. The Bertz CT molecular complexity index is 1000. The minimum absolute atomic E-state index is 0.297. The van der Waals surface area contributed by atoms with Gasteiger partial charge in [0.2, 0.25) is 0 Å². The van der Waals surface area contributed by atoms with Crippen LogP contribution in [0.3, 0.4) is 0 Å². The first kappa shape index (κ1) is 14.0. The summed E-state index contributed by atoms with van der Waals surface area (Å²) >= 11 is 6.12. The van der Waals surface area contributed by atoms with E-state index in [1.807, 2.05) is 31.3 Å². The van der Waals surface area contributed by atoms with Gasteiger partial charge in [0.05, 0.1) is 22.5 Å². The third kappa shape index (κ3) is 2.12. The Hall–Kier alpha value is -2.66. The van der Waals surface area contributed by atoms with Gasteiger partial charge in [0.25, 0.3) is 0 Å². The fourth-order valence-electron chi connectivity index (χ4n) is 3.13. The Kier molecular flexibility index (Phi) is 2.99. The zero-order valence-electron chi connectivity index (χ0n) is 12.2. The number of hydrogen-bond acceptors (Lipinski definition) is 3. The van der Waals surface area contributed by atoms with Crippen LogP contribution in [0.4, 0.5) is 0 Å². The number of allylic oxidation sites excluding steroid dienone is 1. The molecule has 1 N–H and O–H groups in total.